The van der Waals surface area contributed by atoms with Crippen molar-refractivity contribution >= 4 is 28.3 Å². The molecule has 0 saturated carbocycles. The van der Waals surface area contributed by atoms with Gasteiger partial charge in [-0.1, -0.05) is 36.4 Å². The molecule has 1 aliphatic rings. The topological polar surface area (TPSA) is 58.9 Å². The van der Waals surface area contributed by atoms with Crippen LogP contribution in [0.2, 0.25) is 0 Å². The standard InChI is InChI=1S/C24H28N6S/c1-17(2)30-16-25-21-23(27-22(28-24(21)30)20-9-6-14-31-20)26-19-10-12-29(13-11-19)15-18-7-4-3-5-8-18/h3-9,14,16-17,19H,10-13,15H2,1-2H3,(H,26,27,28). The van der Waals surface area contributed by atoms with Gasteiger partial charge in [0.25, 0.3) is 0 Å². The number of piperidine rings is 1. The maximum absolute atomic E-state index is 4.90. The average molecular weight is 433 g/mol. The Morgan fingerprint density at radius 2 is 1.87 bits per heavy atom. The fraction of sp³-hybridized carbons (Fsp3) is 0.375. The zero-order valence-corrected chi connectivity index (χ0v) is 18.8. The van der Waals surface area contributed by atoms with Gasteiger partial charge < -0.3 is 9.88 Å². The SMILES string of the molecule is CC(C)n1cnc2c(NC3CCN(Cc4ccccc4)CC3)nc(-c3cccs3)nc21. The van der Waals surface area contributed by atoms with E-state index >= 15 is 0 Å². The van der Waals surface area contributed by atoms with E-state index in [0.717, 1.165) is 60.2 Å². The molecular formula is C24H28N6S. The Morgan fingerprint density at radius 1 is 1.06 bits per heavy atom. The summed E-state index contributed by atoms with van der Waals surface area (Å²) in [5.41, 5.74) is 3.14. The van der Waals surface area contributed by atoms with Gasteiger partial charge in [0.1, 0.15) is 5.52 Å². The minimum Gasteiger partial charge on any atom is -0.365 e. The molecule has 0 amide bonds. The van der Waals surface area contributed by atoms with Crippen molar-refractivity contribution in [2.24, 2.45) is 0 Å². The highest BCUT2D eigenvalue weighted by atomic mass is 32.1. The lowest BCUT2D eigenvalue weighted by atomic mass is 10.0. The minimum atomic E-state index is 0.296. The Balaban J connectivity index is 1.35. The smallest absolute Gasteiger partial charge is 0.173 e. The number of nitrogens with one attached hydrogen (secondary N) is 1. The fourth-order valence-electron chi connectivity index (χ4n) is 4.18. The maximum atomic E-state index is 4.90. The molecule has 0 aliphatic carbocycles. The molecular weight excluding hydrogens is 404 g/mol. The van der Waals surface area contributed by atoms with E-state index in [0.29, 0.717) is 12.1 Å². The zero-order valence-electron chi connectivity index (χ0n) is 18.0. The summed E-state index contributed by atoms with van der Waals surface area (Å²) in [6, 6.07) is 15.5. The number of likely N-dealkylation sites (tertiary alicyclic amines) is 1. The van der Waals surface area contributed by atoms with Crippen molar-refractivity contribution in [3.05, 3.63) is 59.7 Å². The molecule has 1 N–H and O–H groups in total. The van der Waals surface area contributed by atoms with E-state index in [9.17, 15) is 0 Å². The van der Waals surface area contributed by atoms with Gasteiger partial charge in [0, 0.05) is 31.7 Å². The first kappa shape index (κ1) is 20.2. The summed E-state index contributed by atoms with van der Waals surface area (Å²) in [4.78, 5) is 18.0. The van der Waals surface area contributed by atoms with E-state index in [-0.39, 0.29) is 0 Å². The summed E-state index contributed by atoms with van der Waals surface area (Å²) in [5.74, 6) is 1.63. The number of benzene rings is 1. The zero-order chi connectivity index (χ0) is 21.2. The molecule has 3 aromatic heterocycles. The van der Waals surface area contributed by atoms with Crippen LogP contribution in [-0.2, 0) is 6.54 Å². The molecule has 1 aromatic carbocycles. The van der Waals surface area contributed by atoms with Crippen LogP contribution in [0.25, 0.3) is 21.9 Å². The van der Waals surface area contributed by atoms with Crippen LogP contribution in [-0.4, -0.2) is 43.6 Å². The molecule has 1 aliphatic heterocycles. The summed E-state index contributed by atoms with van der Waals surface area (Å²) in [6.45, 7) is 7.50. The molecule has 0 atom stereocenters. The summed E-state index contributed by atoms with van der Waals surface area (Å²) in [7, 11) is 0. The van der Waals surface area contributed by atoms with Crippen molar-refractivity contribution in [2.45, 2.75) is 45.3 Å². The molecule has 5 rings (SSSR count). The average Bonchev–Trinajstić information content (AvgIpc) is 3.46. The Kier molecular flexibility index (Phi) is 5.70. The predicted octanol–water partition coefficient (Wildman–Crippen LogP) is 5.21. The third kappa shape index (κ3) is 4.34. The lowest BCUT2D eigenvalue weighted by Gasteiger charge is -2.32. The lowest BCUT2D eigenvalue weighted by molar-refractivity contribution is 0.211. The fourth-order valence-corrected chi connectivity index (χ4v) is 4.84. The van der Waals surface area contributed by atoms with Gasteiger partial charge in [-0.05, 0) is 43.7 Å². The molecule has 1 fully saturated rings. The molecule has 31 heavy (non-hydrogen) atoms. The van der Waals surface area contributed by atoms with Gasteiger partial charge in [-0.15, -0.1) is 11.3 Å². The van der Waals surface area contributed by atoms with Crippen molar-refractivity contribution < 1.29 is 0 Å². The van der Waals surface area contributed by atoms with E-state index in [2.05, 4.69) is 75.4 Å². The summed E-state index contributed by atoms with van der Waals surface area (Å²) in [5, 5.41) is 5.78. The minimum absolute atomic E-state index is 0.296. The van der Waals surface area contributed by atoms with Crippen LogP contribution in [0.3, 0.4) is 0 Å². The largest absolute Gasteiger partial charge is 0.365 e. The molecule has 0 radical (unpaired) electrons. The third-order valence-electron chi connectivity index (χ3n) is 5.90. The van der Waals surface area contributed by atoms with Gasteiger partial charge in [0.15, 0.2) is 17.3 Å². The monoisotopic (exact) mass is 432 g/mol. The van der Waals surface area contributed by atoms with Crippen LogP contribution in [0.4, 0.5) is 5.82 Å². The number of aromatic nitrogens is 4. The first-order valence-corrected chi connectivity index (χ1v) is 11.9. The summed E-state index contributed by atoms with van der Waals surface area (Å²) < 4.78 is 2.13. The Bertz CT molecular complexity index is 1130. The van der Waals surface area contributed by atoms with Gasteiger partial charge >= 0.3 is 0 Å². The van der Waals surface area contributed by atoms with Crippen molar-refractivity contribution in [1.29, 1.82) is 0 Å². The van der Waals surface area contributed by atoms with Crippen LogP contribution >= 0.6 is 11.3 Å². The maximum Gasteiger partial charge on any atom is 0.173 e. The number of anilines is 1. The third-order valence-corrected chi connectivity index (χ3v) is 6.76. The molecule has 0 spiro atoms. The molecule has 0 bridgehead atoms. The van der Waals surface area contributed by atoms with Gasteiger partial charge in [0.2, 0.25) is 0 Å². The van der Waals surface area contributed by atoms with Crippen molar-refractivity contribution in [2.75, 3.05) is 18.4 Å². The predicted molar refractivity (Wildman–Crippen MR) is 127 cm³/mol. The normalized spacial score (nSPS) is 15.7. The van der Waals surface area contributed by atoms with Gasteiger partial charge in [0.05, 0.1) is 11.2 Å². The van der Waals surface area contributed by atoms with E-state index in [1.165, 1.54) is 5.56 Å². The molecule has 1 saturated heterocycles. The van der Waals surface area contributed by atoms with Crippen molar-refractivity contribution in [1.82, 2.24) is 24.4 Å². The number of fused-ring (bicyclic) bond motifs is 1. The highest BCUT2D eigenvalue weighted by Gasteiger charge is 2.22. The number of rotatable bonds is 6. The van der Waals surface area contributed by atoms with E-state index in [4.69, 9.17) is 9.97 Å². The van der Waals surface area contributed by atoms with Crippen molar-refractivity contribution in [3.8, 4) is 10.7 Å². The Morgan fingerprint density at radius 3 is 2.58 bits per heavy atom. The molecule has 6 nitrogen and oxygen atoms in total. The summed E-state index contributed by atoms with van der Waals surface area (Å²) >= 11 is 1.67. The quantitative estimate of drug-likeness (QED) is 0.453. The van der Waals surface area contributed by atoms with Crippen LogP contribution < -0.4 is 5.32 Å². The van der Waals surface area contributed by atoms with E-state index < -0.39 is 0 Å². The Hall–Kier alpha value is -2.77. The highest BCUT2D eigenvalue weighted by molar-refractivity contribution is 7.13. The van der Waals surface area contributed by atoms with Gasteiger partial charge in [-0.25, -0.2) is 15.0 Å². The van der Waals surface area contributed by atoms with E-state index in [1.807, 2.05) is 12.4 Å². The summed E-state index contributed by atoms with van der Waals surface area (Å²) in [6.07, 6.45) is 4.07. The van der Waals surface area contributed by atoms with Crippen molar-refractivity contribution in [3.63, 3.8) is 0 Å². The second-order valence-electron chi connectivity index (χ2n) is 8.47. The number of nitrogens with zero attached hydrogens (tertiary/aromatic N) is 5. The number of imidazole rings is 1. The second-order valence-corrected chi connectivity index (χ2v) is 9.42. The molecule has 7 heteroatoms. The molecule has 160 valence electrons. The van der Waals surface area contributed by atoms with E-state index in [1.54, 1.807) is 11.3 Å². The van der Waals surface area contributed by atoms with Gasteiger partial charge in [-0.2, -0.15) is 0 Å². The number of hydrogen-bond donors (Lipinski definition) is 1. The van der Waals surface area contributed by atoms with Crippen LogP contribution in [0.15, 0.2) is 54.2 Å². The van der Waals surface area contributed by atoms with Gasteiger partial charge in [-0.3, -0.25) is 4.90 Å². The second kappa shape index (κ2) is 8.77. The molecule has 4 heterocycles. The highest BCUT2D eigenvalue weighted by Crippen LogP contribution is 2.29. The Labute approximate surface area is 187 Å². The first-order valence-electron chi connectivity index (χ1n) is 11.0. The molecule has 0 unspecified atom stereocenters. The van der Waals surface area contributed by atoms with Crippen LogP contribution in [0.1, 0.15) is 38.3 Å². The lowest BCUT2D eigenvalue weighted by Crippen LogP contribution is -2.38. The number of thiophene rings is 1. The van der Waals surface area contributed by atoms with Crippen LogP contribution in [0, 0.1) is 0 Å². The first-order chi connectivity index (χ1) is 15.2. The number of hydrogen-bond acceptors (Lipinski definition) is 6. The van der Waals surface area contributed by atoms with Crippen LogP contribution in [0.5, 0.6) is 0 Å². The molecule has 4 aromatic rings.